The average Bonchev–Trinajstić information content (AvgIpc) is 2.35. The van der Waals surface area contributed by atoms with Crippen molar-refractivity contribution in [2.24, 2.45) is 0 Å². The van der Waals surface area contributed by atoms with E-state index in [2.05, 4.69) is 65.3 Å². The molecule has 0 spiro atoms. The maximum Gasteiger partial charge on any atom is 0.0621 e. The van der Waals surface area contributed by atoms with Crippen LogP contribution in [-0.4, -0.2) is 31.8 Å². The van der Waals surface area contributed by atoms with Gasteiger partial charge in [-0.15, -0.1) is 0 Å². The molecule has 1 fully saturated rings. The van der Waals surface area contributed by atoms with Gasteiger partial charge in [0.25, 0.3) is 0 Å². The third-order valence-corrected chi connectivity index (χ3v) is 4.38. The highest BCUT2D eigenvalue weighted by molar-refractivity contribution is 14.1. The molecule has 4 heteroatoms. The first-order valence-electron chi connectivity index (χ1n) is 6.49. The van der Waals surface area contributed by atoms with Crippen molar-refractivity contribution in [3.8, 4) is 0 Å². The summed E-state index contributed by atoms with van der Waals surface area (Å²) in [5.74, 6) is 0. The van der Waals surface area contributed by atoms with E-state index in [9.17, 15) is 0 Å². The number of rotatable bonds is 4. The van der Waals surface area contributed by atoms with Crippen LogP contribution in [0.3, 0.4) is 0 Å². The van der Waals surface area contributed by atoms with Crippen molar-refractivity contribution < 1.29 is 4.74 Å². The lowest BCUT2D eigenvalue weighted by Crippen LogP contribution is -2.43. The molecule has 1 aromatic carbocycles. The number of hydrogen-bond acceptors (Lipinski definition) is 3. The molecule has 2 rings (SSSR count). The molecule has 1 heterocycles. The molecule has 2 N–H and O–H groups in total. The van der Waals surface area contributed by atoms with Crippen LogP contribution >= 0.6 is 22.6 Å². The lowest BCUT2D eigenvalue weighted by molar-refractivity contribution is 0.0731. The summed E-state index contributed by atoms with van der Waals surface area (Å²) in [5, 5.41) is 7.05. The third-order valence-electron chi connectivity index (χ3n) is 3.22. The highest BCUT2D eigenvalue weighted by atomic mass is 127. The monoisotopic (exact) mass is 360 g/mol. The Bertz CT molecular complexity index is 391. The zero-order valence-electron chi connectivity index (χ0n) is 11.0. The summed E-state index contributed by atoms with van der Waals surface area (Å²) in [6.07, 6.45) is 1.09. The molecule has 2 atom stereocenters. The van der Waals surface area contributed by atoms with Crippen LogP contribution in [0, 0.1) is 10.5 Å². The fraction of sp³-hybridized carbons (Fsp3) is 0.571. The minimum atomic E-state index is 0.447. The Morgan fingerprint density at radius 1 is 1.56 bits per heavy atom. The SMILES string of the molecule is Cc1ccc(NC(C)CC2COCCN2)cc1I. The summed E-state index contributed by atoms with van der Waals surface area (Å²) in [5.41, 5.74) is 2.53. The number of benzene rings is 1. The Balaban J connectivity index is 1.85. The highest BCUT2D eigenvalue weighted by Crippen LogP contribution is 2.18. The predicted octanol–water partition coefficient (Wildman–Crippen LogP) is 2.78. The second-order valence-electron chi connectivity index (χ2n) is 4.97. The Labute approximate surface area is 123 Å². The summed E-state index contributed by atoms with van der Waals surface area (Å²) in [6, 6.07) is 7.45. The van der Waals surface area contributed by atoms with Crippen LogP contribution in [-0.2, 0) is 4.74 Å². The van der Waals surface area contributed by atoms with Gasteiger partial charge in [0.15, 0.2) is 0 Å². The smallest absolute Gasteiger partial charge is 0.0621 e. The fourth-order valence-corrected chi connectivity index (χ4v) is 2.74. The Morgan fingerprint density at radius 3 is 3.06 bits per heavy atom. The summed E-state index contributed by atoms with van der Waals surface area (Å²) >= 11 is 2.38. The number of hydrogen-bond donors (Lipinski definition) is 2. The van der Waals surface area contributed by atoms with Crippen LogP contribution in [0.2, 0.25) is 0 Å². The second kappa shape index (κ2) is 6.73. The van der Waals surface area contributed by atoms with Crippen molar-refractivity contribution in [2.75, 3.05) is 25.1 Å². The van der Waals surface area contributed by atoms with E-state index >= 15 is 0 Å². The van der Waals surface area contributed by atoms with E-state index < -0.39 is 0 Å². The van der Waals surface area contributed by atoms with Gasteiger partial charge >= 0.3 is 0 Å². The van der Waals surface area contributed by atoms with E-state index in [4.69, 9.17) is 4.74 Å². The molecule has 0 aromatic heterocycles. The van der Waals surface area contributed by atoms with Gasteiger partial charge in [0.1, 0.15) is 0 Å². The molecule has 1 aliphatic rings. The van der Waals surface area contributed by atoms with E-state index in [0.717, 1.165) is 26.2 Å². The van der Waals surface area contributed by atoms with Crippen molar-refractivity contribution in [1.82, 2.24) is 5.32 Å². The molecule has 2 unspecified atom stereocenters. The number of aryl methyl sites for hydroxylation is 1. The summed E-state index contributed by atoms with van der Waals surface area (Å²) < 4.78 is 6.79. The van der Waals surface area contributed by atoms with Gasteiger partial charge in [-0.3, -0.25) is 0 Å². The van der Waals surface area contributed by atoms with Crippen molar-refractivity contribution >= 4 is 28.3 Å². The number of ether oxygens (including phenoxy) is 1. The predicted molar refractivity (Wildman–Crippen MR) is 84.2 cm³/mol. The van der Waals surface area contributed by atoms with Crippen LogP contribution in [0.25, 0.3) is 0 Å². The third kappa shape index (κ3) is 4.10. The molecule has 0 aliphatic carbocycles. The van der Waals surface area contributed by atoms with Crippen LogP contribution < -0.4 is 10.6 Å². The van der Waals surface area contributed by atoms with Crippen LogP contribution in [0.4, 0.5) is 5.69 Å². The maximum absolute atomic E-state index is 5.48. The van der Waals surface area contributed by atoms with E-state index in [-0.39, 0.29) is 0 Å². The minimum absolute atomic E-state index is 0.447. The normalized spacial score (nSPS) is 21.6. The van der Waals surface area contributed by atoms with Gasteiger partial charge in [0.05, 0.1) is 13.2 Å². The number of nitrogens with one attached hydrogen (secondary N) is 2. The van der Waals surface area contributed by atoms with Gasteiger partial charge in [-0.2, -0.15) is 0 Å². The van der Waals surface area contributed by atoms with Crippen molar-refractivity contribution in [3.63, 3.8) is 0 Å². The van der Waals surface area contributed by atoms with Crippen LogP contribution in [0.5, 0.6) is 0 Å². The van der Waals surface area contributed by atoms with E-state index in [1.165, 1.54) is 14.8 Å². The topological polar surface area (TPSA) is 33.3 Å². The summed E-state index contributed by atoms with van der Waals surface area (Å²) in [6.45, 7) is 7.01. The zero-order chi connectivity index (χ0) is 13.0. The molecule has 0 amide bonds. The van der Waals surface area contributed by atoms with Crippen molar-refractivity contribution in [3.05, 3.63) is 27.3 Å². The first kappa shape index (κ1) is 14.1. The highest BCUT2D eigenvalue weighted by Gasteiger charge is 2.16. The Kier molecular flexibility index (Phi) is 5.26. The molecule has 18 heavy (non-hydrogen) atoms. The first-order chi connectivity index (χ1) is 8.65. The van der Waals surface area contributed by atoms with E-state index in [0.29, 0.717) is 12.1 Å². The lowest BCUT2D eigenvalue weighted by atomic mass is 10.1. The van der Waals surface area contributed by atoms with Crippen molar-refractivity contribution in [1.29, 1.82) is 0 Å². The molecule has 1 aromatic rings. The summed E-state index contributed by atoms with van der Waals surface area (Å²) in [7, 11) is 0. The molecule has 0 saturated carbocycles. The van der Waals surface area contributed by atoms with Gasteiger partial charge in [-0.05, 0) is 60.6 Å². The molecule has 0 bridgehead atoms. The summed E-state index contributed by atoms with van der Waals surface area (Å²) in [4.78, 5) is 0. The first-order valence-corrected chi connectivity index (χ1v) is 7.57. The molecule has 3 nitrogen and oxygen atoms in total. The van der Waals surface area contributed by atoms with E-state index in [1.54, 1.807) is 0 Å². The van der Waals surface area contributed by atoms with Crippen LogP contribution in [0.1, 0.15) is 18.9 Å². The standard InChI is InChI=1S/C14H21IN2O/c1-10-3-4-12(8-14(10)15)17-11(2)7-13-9-18-6-5-16-13/h3-4,8,11,13,16-17H,5-7,9H2,1-2H3. The van der Waals surface area contributed by atoms with Gasteiger partial charge in [0.2, 0.25) is 0 Å². The molecule has 1 aliphatic heterocycles. The lowest BCUT2D eigenvalue weighted by Gasteiger charge is -2.27. The fourth-order valence-electron chi connectivity index (χ4n) is 2.22. The largest absolute Gasteiger partial charge is 0.383 e. The Morgan fingerprint density at radius 2 is 2.39 bits per heavy atom. The number of morpholine rings is 1. The Hall–Kier alpha value is -0.330. The van der Waals surface area contributed by atoms with E-state index in [1.807, 2.05) is 0 Å². The van der Waals surface area contributed by atoms with Crippen LogP contribution in [0.15, 0.2) is 18.2 Å². The zero-order valence-corrected chi connectivity index (χ0v) is 13.2. The molecular formula is C14H21IN2O. The van der Waals surface area contributed by atoms with Gasteiger partial charge < -0.3 is 15.4 Å². The quantitative estimate of drug-likeness (QED) is 0.811. The van der Waals surface area contributed by atoms with Gasteiger partial charge in [0, 0.05) is 27.9 Å². The second-order valence-corrected chi connectivity index (χ2v) is 6.13. The molecular weight excluding hydrogens is 339 g/mol. The number of anilines is 1. The number of halogens is 1. The molecule has 0 radical (unpaired) electrons. The van der Waals surface area contributed by atoms with Gasteiger partial charge in [-0.1, -0.05) is 6.07 Å². The molecule has 1 saturated heterocycles. The van der Waals surface area contributed by atoms with Crippen molar-refractivity contribution in [2.45, 2.75) is 32.4 Å². The minimum Gasteiger partial charge on any atom is -0.383 e. The average molecular weight is 360 g/mol. The maximum atomic E-state index is 5.48. The van der Waals surface area contributed by atoms with Gasteiger partial charge in [-0.25, -0.2) is 0 Å². The molecule has 100 valence electrons.